The number of carbonyl (C=O) groups excluding carboxylic acids is 2. The number of hydrogen-bond donors (Lipinski definition) is 0. The van der Waals surface area contributed by atoms with Crippen LogP contribution in [0.25, 0.3) is 6.08 Å². The number of Topliss-reactive ketones (excluding diaryl/α,β-unsaturated/α-hetero) is 1. The van der Waals surface area contributed by atoms with E-state index in [1.165, 1.54) is 31.4 Å². The second-order valence-corrected chi connectivity index (χ2v) is 5.72. The van der Waals surface area contributed by atoms with Crippen LogP contribution in [0.4, 0.5) is 4.39 Å². The summed E-state index contributed by atoms with van der Waals surface area (Å²) in [6.45, 7) is 1.69. The third-order valence-corrected chi connectivity index (χ3v) is 3.75. The first kappa shape index (κ1) is 20.5. The molecule has 0 heterocycles. The molecular formula is C20H18ClFO5. The van der Waals surface area contributed by atoms with Crippen LogP contribution in [0.15, 0.2) is 42.5 Å². The molecule has 7 heteroatoms. The summed E-state index contributed by atoms with van der Waals surface area (Å²) in [5, 5.41) is 0.332. The summed E-state index contributed by atoms with van der Waals surface area (Å²) in [7, 11) is 1.48. The molecule has 0 amide bonds. The number of carbonyl (C=O) groups is 2. The van der Waals surface area contributed by atoms with Crippen LogP contribution in [0.3, 0.4) is 0 Å². The number of ether oxygens (including phenoxy) is 3. The first-order valence-electron chi connectivity index (χ1n) is 8.09. The maximum Gasteiger partial charge on any atom is 0.331 e. The minimum absolute atomic E-state index is 0.127. The van der Waals surface area contributed by atoms with Crippen molar-refractivity contribution in [2.75, 3.05) is 20.3 Å². The number of rotatable bonds is 8. The predicted molar refractivity (Wildman–Crippen MR) is 99.9 cm³/mol. The summed E-state index contributed by atoms with van der Waals surface area (Å²) in [5.74, 6) is -1.20. The van der Waals surface area contributed by atoms with Crippen molar-refractivity contribution in [3.05, 3.63) is 64.4 Å². The number of halogens is 2. The van der Waals surface area contributed by atoms with Gasteiger partial charge in [0.05, 0.1) is 24.3 Å². The SMILES string of the molecule is CCOc1c(Cl)cc(/C=C/C(=O)OCC(=O)c2ccccc2F)cc1OC. The zero-order chi connectivity index (χ0) is 19.8. The van der Waals surface area contributed by atoms with E-state index in [1.807, 2.05) is 6.92 Å². The fourth-order valence-corrected chi connectivity index (χ4v) is 2.51. The van der Waals surface area contributed by atoms with Crippen molar-refractivity contribution in [3.8, 4) is 11.5 Å². The molecule has 27 heavy (non-hydrogen) atoms. The maximum atomic E-state index is 13.5. The lowest BCUT2D eigenvalue weighted by Crippen LogP contribution is -2.13. The zero-order valence-electron chi connectivity index (χ0n) is 14.8. The molecule has 0 fully saturated rings. The van der Waals surface area contributed by atoms with Gasteiger partial charge in [-0.05, 0) is 42.8 Å². The van der Waals surface area contributed by atoms with Crippen molar-refractivity contribution in [1.29, 1.82) is 0 Å². The molecule has 0 atom stereocenters. The Morgan fingerprint density at radius 2 is 1.96 bits per heavy atom. The van der Waals surface area contributed by atoms with Crippen molar-refractivity contribution >= 4 is 29.4 Å². The lowest BCUT2D eigenvalue weighted by molar-refractivity contribution is -0.136. The molecule has 142 valence electrons. The summed E-state index contributed by atoms with van der Waals surface area (Å²) in [4.78, 5) is 23.7. The summed E-state index contributed by atoms with van der Waals surface area (Å²) < 4.78 is 29.0. The quantitative estimate of drug-likeness (QED) is 0.380. The van der Waals surface area contributed by atoms with Gasteiger partial charge in [-0.3, -0.25) is 4.79 Å². The van der Waals surface area contributed by atoms with Crippen LogP contribution < -0.4 is 9.47 Å². The highest BCUT2D eigenvalue weighted by Gasteiger charge is 2.13. The molecule has 0 N–H and O–H groups in total. The van der Waals surface area contributed by atoms with Crippen molar-refractivity contribution in [2.24, 2.45) is 0 Å². The predicted octanol–water partition coefficient (Wildman–Crippen LogP) is 4.33. The van der Waals surface area contributed by atoms with Gasteiger partial charge in [0, 0.05) is 6.08 Å². The molecule has 0 aromatic heterocycles. The summed E-state index contributed by atoms with van der Waals surface area (Å²) in [6.07, 6.45) is 2.60. The van der Waals surface area contributed by atoms with Gasteiger partial charge in [-0.1, -0.05) is 23.7 Å². The fraction of sp³-hybridized carbons (Fsp3) is 0.200. The van der Waals surface area contributed by atoms with Gasteiger partial charge in [0.15, 0.2) is 18.1 Å². The van der Waals surface area contributed by atoms with Gasteiger partial charge in [-0.15, -0.1) is 0 Å². The summed E-state index contributed by atoms with van der Waals surface area (Å²) >= 11 is 6.16. The number of methoxy groups -OCH3 is 1. The molecule has 2 aromatic rings. The first-order valence-corrected chi connectivity index (χ1v) is 8.47. The lowest BCUT2D eigenvalue weighted by Gasteiger charge is -2.11. The average molecular weight is 393 g/mol. The molecule has 0 bridgehead atoms. The van der Waals surface area contributed by atoms with Crippen LogP contribution in [0.2, 0.25) is 5.02 Å². The third kappa shape index (κ3) is 5.56. The topological polar surface area (TPSA) is 61.8 Å². The van der Waals surface area contributed by atoms with E-state index in [0.717, 1.165) is 12.1 Å². The van der Waals surface area contributed by atoms with Crippen molar-refractivity contribution < 1.29 is 28.2 Å². The first-order chi connectivity index (χ1) is 13.0. The molecule has 0 saturated heterocycles. The van der Waals surface area contributed by atoms with E-state index in [-0.39, 0.29) is 5.56 Å². The Labute approximate surface area is 161 Å². The van der Waals surface area contributed by atoms with E-state index in [1.54, 1.807) is 12.1 Å². The molecular weight excluding hydrogens is 375 g/mol. The Kier molecular flexibility index (Phi) is 7.37. The van der Waals surface area contributed by atoms with E-state index in [4.69, 9.17) is 25.8 Å². The molecule has 0 aliphatic carbocycles. The Balaban J connectivity index is 2.01. The second kappa shape index (κ2) is 9.73. The average Bonchev–Trinajstić information content (AvgIpc) is 2.66. The number of esters is 1. The highest BCUT2D eigenvalue weighted by molar-refractivity contribution is 6.32. The summed E-state index contributed by atoms with van der Waals surface area (Å²) in [6, 6.07) is 8.74. The largest absolute Gasteiger partial charge is 0.493 e. The van der Waals surface area contributed by atoms with E-state index < -0.39 is 24.2 Å². The van der Waals surface area contributed by atoms with Crippen LogP contribution in [0.5, 0.6) is 11.5 Å². The summed E-state index contributed by atoms with van der Waals surface area (Å²) in [5.41, 5.74) is 0.454. The standard InChI is InChI=1S/C20H18ClFO5/c1-3-26-20-15(21)10-13(11-18(20)25-2)8-9-19(24)27-12-17(23)14-6-4-5-7-16(14)22/h4-11H,3,12H2,1-2H3/b9-8+. The molecule has 2 rings (SSSR count). The Morgan fingerprint density at radius 1 is 1.22 bits per heavy atom. The third-order valence-electron chi connectivity index (χ3n) is 3.47. The van der Waals surface area contributed by atoms with Crippen LogP contribution in [0.1, 0.15) is 22.8 Å². The monoisotopic (exact) mass is 392 g/mol. The lowest BCUT2D eigenvalue weighted by atomic mass is 10.1. The molecule has 0 saturated carbocycles. The highest BCUT2D eigenvalue weighted by Crippen LogP contribution is 2.36. The van der Waals surface area contributed by atoms with Gasteiger partial charge in [-0.2, -0.15) is 0 Å². The van der Waals surface area contributed by atoms with Crippen LogP contribution >= 0.6 is 11.6 Å². The number of ketones is 1. The Bertz CT molecular complexity index is 863. The highest BCUT2D eigenvalue weighted by atomic mass is 35.5. The van der Waals surface area contributed by atoms with Gasteiger partial charge in [0.25, 0.3) is 0 Å². The van der Waals surface area contributed by atoms with Crippen molar-refractivity contribution in [1.82, 2.24) is 0 Å². The van der Waals surface area contributed by atoms with Gasteiger partial charge >= 0.3 is 5.97 Å². The van der Waals surface area contributed by atoms with E-state index >= 15 is 0 Å². The van der Waals surface area contributed by atoms with Gasteiger partial charge < -0.3 is 14.2 Å². The minimum atomic E-state index is -0.747. The molecule has 5 nitrogen and oxygen atoms in total. The zero-order valence-corrected chi connectivity index (χ0v) is 15.6. The van der Waals surface area contributed by atoms with Crippen LogP contribution in [-0.4, -0.2) is 32.1 Å². The molecule has 0 aliphatic heterocycles. The smallest absolute Gasteiger partial charge is 0.331 e. The molecule has 0 aliphatic rings. The second-order valence-electron chi connectivity index (χ2n) is 5.31. The minimum Gasteiger partial charge on any atom is -0.493 e. The molecule has 2 aromatic carbocycles. The van der Waals surface area contributed by atoms with Crippen LogP contribution in [-0.2, 0) is 9.53 Å². The van der Waals surface area contributed by atoms with Crippen molar-refractivity contribution in [2.45, 2.75) is 6.92 Å². The van der Waals surface area contributed by atoms with Gasteiger partial charge in [0.1, 0.15) is 5.82 Å². The fourth-order valence-electron chi connectivity index (χ4n) is 2.23. The molecule has 0 radical (unpaired) electrons. The van der Waals surface area contributed by atoms with Crippen LogP contribution in [0, 0.1) is 5.82 Å². The number of hydrogen-bond acceptors (Lipinski definition) is 5. The van der Waals surface area contributed by atoms with E-state index in [9.17, 15) is 14.0 Å². The van der Waals surface area contributed by atoms with E-state index in [2.05, 4.69) is 0 Å². The van der Waals surface area contributed by atoms with E-state index in [0.29, 0.717) is 28.7 Å². The Hall–Kier alpha value is -2.86. The molecule has 0 spiro atoms. The normalized spacial score (nSPS) is 10.7. The van der Waals surface area contributed by atoms with Crippen molar-refractivity contribution in [3.63, 3.8) is 0 Å². The molecule has 0 unspecified atom stereocenters. The maximum absolute atomic E-state index is 13.5. The Morgan fingerprint density at radius 3 is 2.63 bits per heavy atom. The number of benzene rings is 2. The van der Waals surface area contributed by atoms with Gasteiger partial charge in [-0.25, -0.2) is 9.18 Å². The van der Waals surface area contributed by atoms with Gasteiger partial charge in [0.2, 0.25) is 5.78 Å².